The van der Waals surface area contributed by atoms with Gasteiger partial charge < -0.3 is 14.5 Å². The van der Waals surface area contributed by atoms with E-state index in [-0.39, 0.29) is 5.91 Å². The number of halogens is 1. The lowest BCUT2D eigenvalue weighted by molar-refractivity contribution is 0.102. The second-order valence-corrected chi connectivity index (χ2v) is 6.61. The molecule has 2 aromatic heterocycles. The highest BCUT2D eigenvalue weighted by molar-refractivity contribution is 6.31. The van der Waals surface area contributed by atoms with Crippen molar-refractivity contribution >= 4 is 34.4 Å². The Morgan fingerprint density at radius 2 is 2.04 bits per heavy atom. The molecule has 0 aliphatic heterocycles. The molecule has 0 bridgehead atoms. The molecule has 0 unspecified atom stereocenters. The fourth-order valence-electron chi connectivity index (χ4n) is 2.83. The van der Waals surface area contributed by atoms with Gasteiger partial charge in [0, 0.05) is 22.5 Å². The second kappa shape index (κ2) is 7.32. The molecule has 0 fully saturated rings. The molecule has 7 heteroatoms. The van der Waals surface area contributed by atoms with Gasteiger partial charge >= 0.3 is 0 Å². The Bertz CT molecular complexity index is 1150. The van der Waals surface area contributed by atoms with Crippen LogP contribution in [0.4, 0.5) is 5.69 Å². The van der Waals surface area contributed by atoms with Crippen LogP contribution in [0.3, 0.4) is 0 Å². The first-order valence-electron chi connectivity index (χ1n) is 8.52. The summed E-state index contributed by atoms with van der Waals surface area (Å²) < 4.78 is 11.0. The number of amides is 1. The summed E-state index contributed by atoms with van der Waals surface area (Å²) in [6.07, 6.45) is 1.66. The van der Waals surface area contributed by atoms with Gasteiger partial charge in [-0.1, -0.05) is 17.7 Å². The lowest BCUT2D eigenvalue weighted by Crippen LogP contribution is -2.14. The minimum absolute atomic E-state index is 0.321. The second-order valence-electron chi connectivity index (χ2n) is 6.17. The summed E-state index contributed by atoms with van der Waals surface area (Å²) in [5.74, 6) is 0.559. The third kappa shape index (κ3) is 3.42. The van der Waals surface area contributed by atoms with Crippen molar-refractivity contribution in [2.45, 2.75) is 6.92 Å². The van der Waals surface area contributed by atoms with Crippen LogP contribution in [0.5, 0.6) is 5.75 Å². The number of fused-ring (bicyclic) bond motifs is 1. The van der Waals surface area contributed by atoms with E-state index in [0.29, 0.717) is 39.1 Å². The number of carbonyl (C=O) groups excluding carboxylic acids is 1. The van der Waals surface area contributed by atoms with E-state index in [2.05, 4.69) is 15.3 Å². The third-order valence-electron chi connectivity index (χ3n) is 4.30. The normalized spacial score (nSPS) is 10.8. The number of benzene rings is 2. The van der Waals surface area contributed by atoms with Gasteiger partial charge in [-0.2, -0.15) is 4.98 Å². The number of aryl methyl sites for hydroxylation is 1. The van der Waals surface area contributed by atoms with Crippen molar-refractivity contribution in [2.75, 3.05) is 12.4 Å². The zero-order valence-corrected chi connectivity index (χ0v) is 15.9. The number of oxazole rings is 1. The monoisotopic (exact) mass is 393 g/mol. The number of hydrogen-bond donors (Lipinski definition) is 1. The minimum atomic E-state index is -0.321. The molecule has 140 valence electrons. The maximum atomic E-state index is 12.8. The molecule has 4 rings (SSSR count). The van der Waals surface area contributed by atoms with E-state index < -0.39 is 0 Å². The van der Waals surface area contributed by atoms with E-state index in [1.807, 2.05) is 25.1 Å². The van der Waals surface area contributed by atoms with Gasteiger partial charge in [0.1, 0.15) is 5.75 Å². The molecule has 28 heavy (non-hydrogen) atoms. The minimum Gasteiger partial charge on any atom is -0.496 e. The van der Waals surface area contributed by atoms with Crippen LogP contribution in [0.2, 0.25) is 5.02 Å². The summed E-state index contributed by atoms with van der Waals surface area (Å²) >= 11 is 6.03. The first kappa shape index (κ1) is 18.0. The van der Waals surface area contributed by atoms with Gasteiger partial charge in [0.25, 0.3) is 5.91 Å². The Morgan fingerprint density at radius 3 is 2.82 bits per heavy atom. The van der Waals surface area contributed by atoms with Crippen LogP contribution in [0.15, 0.2) is 59.1 Å². The first-order chi connectivity index (χ1) is 13.5. The highest BCUT2D eigenvalue weighted by Gasteiger charge is 2.16. The van der Waals surface area contributed by atoms with Crippen molar-refractivity contribution in [3.8, 4) is 17.2 Å². The Hall–Kier alpha value is -3.38. The van der Waals surface area contributed by atoms with Crippen molar-refractivity contribution in [3.63, 3.8) is 0 Å². The molecule has 0 saturated carbocycles. The summed E-state index contributed by atoms with van der Waals surface area (Å²) in [7, 11) is 1.51. The predicted octanol–water partition coefficient (Wildman–Crippen LogP) is 5.11. The molecular formula is C21H16ClN3O3. The van der Waals surface area contributed by atoms with Crippen LogP contribution in [-0.4, -0.2) is 23.0 Å². The van der Waals surface area contributed by atoms with Crippen molar-refractivity contribution in [2.24, 2.45) is 0 Å². The number of aromatic nitrogens is 2. The molecule has 1 N–H and O–H groups in total. The maximum absolute atomic E-state index is 12.8. The molecule has 1 amide bonds. The summed E-state index contributed by atoms with van der Waals surface area (Å²) in [6, 6.07) is 14.1. The molecule has 0 saturated heterocycles. The van der Waals surface area contributed by atoms with Crippen LogP contribution in [-0.2, 0) is 0 Å². The van der Waals surface area contributed by atoms with Gasteiger partial charge in [0.05, 0.1) is 12.7 Å². The number of rotatable bonds is 4. The average Bonchev–Trinajstić information content (AvgIpc) is 3.13. The summed E-state index contributed by atoms with van der Waals surface area (Å²) in [6.45, 7) is 1.90. The first-order valence-corrected chi connectivity index (χ1v) is 8.90. The highest BCUT2D eigenvalue weighted by Crippen LogP contribution is 2.29. The van der Waals surface area contributed by atoms with E-state index >= 15 is 0 Å². The Kier molecular flexibility index (Phi) is 4.71. The van der Waals surface area contributed by atoms with Crippen LogP contribution < -0.4 is 10.1 Å². The average molecular weight is 394 g/mol. The fraction of sp³-hybridized carbons (Fsp3) is 0.0952. The smallest absolute Gasteiger partial charge is 0.259 e. The van der Waals surface area contributed by atoms with Crippen LogP contribution in [0.1, 0.15) is 15.9 Å². The zero-order valence-electron chi connectivity index (χ0n) is 15.2. The maximum Gasteiger partial charge on any atom is 0.259 e. The summed E-state index contributed by atoms with van der Waals surface area (Å²) in [4.78, 5) is 21.4. The van der Waals surface area contributed by atoms with Crippen LogP contribution in [0.25, 0.3) is 22.7 Å². The molecule has 6 nitrogen and oxygen atoms in total. The summed E-state index contributed by atoms with van der Waals surface area (Å²) in [5, 5.41) is 3.36. The number of methoxy groups -OCH3 is 1. The standard InChI is InChI=1S/C21H16ClN3O3/c1-12-5-6-13(21-25-19-18(28-21)4-3-9-23-19)10-16(12)24-20(26)15-11-14(22)7-8-17(15)27-2/h3-11H,1-2H3,(H,24,26). The largest absolute Gasteiger partial charge is 0.496 e. The lowest BCUT2D eigenvalue weighted by Gasteiger charge is -2.12. The number of anilines is 1. The molecule has 0 aliphatic rings. The van der Waals surface area contributed by atoms with Crippen molar-refractivity contribution < 1.29 is 13.9 Å². The number of pyridine rings is 1. The number of nitrogens with zero attached hydrogens (tertiary/aromatic N) is 2. The van der Waals surface area contributed by atoms with Gasteiger partial charge in [-0.3, -0.25) is 4.79 Å². The van der Waals surface area contributed by atoms with E-state index in [1.165, 1.54) is 7.11 Å². The SMILES string of the molecule is COc1ccc(Cl)cc1C(=O)Nc1cc(-c2nc3ncccc3o2)ccc1C. The number of hydrogen-bond acceptors (Lipinski definition) is 5. The number of carbonyl (C=O) groups is 1. The van der Waals surface area contributed by atoms with Gasteiger partial charge in [-0.05, 0) is 55.0 Å². The topological polar surface area (TPSA) is 77.2 Å². The number of ether oxygens (including phenoxy) is 1. The number of nitrogens with one attached hydrogen (secondary N) is 1. The van der Waals surface area contributed by atoms with E-state index in [0.717, 1.165) is 11.1 Å². The van der Waals surface area contributed by atoms with Crippen LogP contribution >= 0.6 is 11.6 Å². The van der Waals surface area contributed by atoms with E-state index in [4.69, 9.17) is 20.8 Å². The molecule has 2 aromatic carbocycles. The molecule has 0 radical (unpaired) electrons. The highest BCUT2D eigenvalue weighted by atomic mass is 35.5. The predicted molar refractivity (Wildman–Crippen MR) is 108 cm³/mol. The third-order valence-corrected chi connectivity index (χ3v) is 4.54. The Balaban J connectivity index is 1.68. The molecule has 0 spiro atoms. The van der Waals surface area contributed by atoms with Gasteiger partial charge in [-0.15, -0.1) is 0 Å². The Morgan fingerprint density at radius 1 is 1.18 bits per heavy atom. The molecule has 0 aliphatic carbocycles. The van der Waals surface area contributed by atoms with Gasteiger partial charge in [0.2, 0.25) is 5.89 Å². The van der Waals surface area contributed by atoms with Gasteiger partial charge in [0.15, 0.2) is 11.2 Å². The lowest BCUT2D eigenvalue weighted by atomic mass is 10.1. The molecule has 4 aromatic rings. The van der Waals surface area contributed by atoms with Crippen molar-refractivity contribution in [1.29, 1.82) is 0 Å². The van der Waals surface area contributed by atoms with E-state index in [1.54, 1.807) is 36.5 Å². The quantitative estimate of drug-likeness (QED) is 0.521. The van der Waals surface area contributed by atoms with Gasteiger partial charge in [-0.25, -0.2) is 4.98 Å². The Labute approximate surface area is 166 Å². The van der Waals surface area contributed by atoms with Crippen LogP contribution in [0, 0.1) is 6.92 Å². The van der Waals surface area contributed by atoms with Crippen molar-refractivity contribution in [3.05, 3.63) is 70.9 Å². The van der Waals surface area contributed by atoms with Crippen molar-refractivity contribution in [1.82, 2.24) is 9.97 Å². The van der Waals surface area contributed by atoms with E-state index in [9.17, 15) is 4.79 Å². The molecule has 0 atom stereocenters. The fourth-order valence-corrected chi connectivity index (χ4v) is 3.00. The summed E-state index contributed by atoms with van der Waals surface area (Å²) in [5.41, 5.74) is 3.76. The molecule has 2 heterocycles. The molecular weight excluding hydrogens is 378 g/mol. The zero-order chi connectivity index (χ0) is 19.7.